The molecule has 1 heterocycles. The number of aryl methyl sites for hydroxylation is 1. The molecular weight excluding hydrogens is 363 g/mol. The summed E-state index contributed by atoms with van der Waals surface area (Å²) in [7, 11) is 1.39. The minimum absolute atomic E-state index is 0.0256. The predicted molar refractivity (Wildman–Crippen MR) is 101 cm³/mol. The third kappa shape index (κ3) is 5.05. The first-order chi connectivity index (χ1) is 13.6. The van der Waals surface area contributed by atoms with Gasteiger partial charge in [0.1, 0.15) is 6.04 Å². The van der Waals surface area contributed by atoms with Crippen LogP contribution in [0.15, 0.2) is 48.5 Å². The van der Waals surface area contributed by atoms with Gasteiger partial charge in [0.05, 0.1) is 7.11 Å². The summed E-state index contributed by atoms with van der Waals surface area (Å²) in [5, 5.41) is 0. The summed E-state index contributed by atoms with van der Waals surface area (Å²) < 4.78 is 18.5. The van der Waals surface area contributed by atoms with Crippen molar-refractivity contribution in [3.63, 3.8) is 0 Å². The molecule has 1 fully saturated rings. The van der Waals surface area contributed by atoms with Crippen LogP contribution >= 0.6 is 0 Å². The molecule has 0 spiro atoms. The number of rotatable bonds is 6. The van der Waals surface area contributed by atoms with Crippen molar-refractivity contribution in [2.24, 2.45) is 0 Å². The molecule has 0 radical (unpaired) electrons. The van der Waals surface area contributed by atoms with Gasteiger partial charge in [-0.3, -0.25) is 20.4 Å². The van der Waals surface area contributed by atoms with Crippen LogP contribution in [0.3, 0.4) is 0 Å². The van der Waals surface area contributed by atoms with Crippen molar-refractivity contribution in [1.29, 1.82) is 0 Å². The fraction of sp³-hybridized carbons (Fsp3) is 0.300. The highest BCUT2D eigenvalue weighted by Gasteiger charge is 2.30. The summed E-state index contributed by atoms with van der Waals surface area (Å²) in [6.07, 6.45) is 1.04. The number of methoxy groups -OCH3 is 1. The van der Waals surface area contributed by atoms with E-state index < -0.39 is 11.9 Å². The maximum Gasteiger partial charge on any atom is 0.256 e. The average Bonchev–Trinajstić information content (AvgIpc) is 3.21. The number of hydrazine groups is 2. The van der Waals surface area contributed by atoms with E-state index in [0.717, 1.165) is 5.56 Å². The van der Waals surface area contributed by atoms with Crippen LogP contribution in [0.25, 0.3) is 0 Å². The summed E-state index contributed by atoms with van der Waals surface area (Å²) in [4.78, 5) is 24.2. The molecular formula is C20H23FN4O3. The van der Waals surface area contributed by atoms with Gasteiger partial charge in [-0.15, -0.1) is 0 Å². The zero-order valence-electron chi connectivity index (χ0n) is 15.5. The van der Waals surface area contributed by atoms with E-state index in [2.05, 4.69) is 21.7 Å². The smallest absolute Gasteiger partial charge is 0.256 e. The van der Waals surface area contributed by atoms with Gasteiger partial charge >= 0.3 is 0 Å². The fourth-order valence-electron chi connectivity index (χ4n) is 3.04. The van der Waals surface area contributed by atoms with Crippen LogP contribution < -0.4 is 26.4 Å². The maximum atomic E-state index is 13.7. The molecule has 1 aliphatic rings. The minimum atomic E-state index is -0.471. The Labute approximate surface area is 162 Å². The number of carbonyl (C=O) groups is 2. The molecule has 2 atom stereocenters. The number of benzene rings is 2. The van der Waals surface area contributed by atoms with Gasteiger partial charge in [0.25, 0.3) is 5.91 Å². The topological polar surface area (TPSA) is 91.5 Å². The molecule has 1 saturated heterocycles. The Balaban J connectivity index is 1.41. The summed E-state index contributed by atoms with van der Waals surface area (Å²) in [5.41, 5.74) is 12.6. The number of hydrogen-bond acceptors (Lipinski definition) is 5. The number of amides is 2. The lowest BCUT2D eigenvalue weighted by Gasteiger charge is -2.12. The Kier molecular flexibility index (Phi) is 6.57. The largest absolute Gasteiger partial charge is 0.494 e. The Morgan fingerprint density at radius 1 is 1.14 bits per heavy atom. The first-order valence-corrected chi connectivity index (χ1v) is 9.04. The molecule has 8 heteroatoms. The van der Waals surface area contributed by atoms with Crippen LogP contribution in [0.4, 0.5) is 4.39 Å². The highest BCUT2D eigenvalue weighted by molar-refractivity contribution is 5.85. The van der Waals surface area contributed by atoms with Gasteiger partial charge in [-0.2, -0.15) is 0 Å². The Bertz CT molecular complexity index is 831. The predicted octanol–water partition coefficient (Wildman–Crippen LogP) is 1.52. The van der Waals surface area contributed by atoms with Gasteiger partial charge in [0, 0.05) is 12.5 Å². The molecule has 7 nitrogen and oxygen atoms in total. The van der Waals surface area contributed by atoms with Crippen molar-refractivity contribution in [2.45, 2.75) is 31.3 Å². The monoisotopic (exact) mass is 386 g/mol. The Morgan fingerprint density at radius 3 is 2.64 bits per heavy atom. The second-order valence-electron chi connectivity index (χ2n) is 6.55. The molecule has 0 saturated carbocycles. The van der Waals surface area contributed by atoms with Crippen LogP contribution in [0.5, 0.6) is 5.75 Å². The lowest BCUT2D eigenvalue weighted by molar-refractivity contribution is -0.129. The summed E-state index contributed by atoms with van der Waals surface area (Å²) >= 11 is 0. The molecule has 2 aromatic rings. The normalized spacial score (nSPS) is 18.5. The van der Waals surface area contributed by atoms with Crippen molar-refractivity contribution in [1.82, 2.24) is 21.7 Å². The maximum absolute atomic E-state index is 13.7. The van der Waals surface area contributed by atoms with Crippen LogP contribution in [-0.4, -0.2) is 25.0 Å². The van der Waals surface area contributed by atoms with Gasteiger partial charge in [-0.05, 0) is 36.1 Å². The molecule has 3 rings (SSSR count). The molecule has 148 valence electrons. The summed E-state index contributed by atoms with van der Waals surface area (Å²) in [6.45, 7) is 0. The molecule has 0 bridgehead atoms. The van der Waals surface area contributed by atoms with Gasteiger partial charge in [0.2, 0.25) is 5.91 Å². The van der Waals surface area contributed by atoms with E-state index in [1.165, 1.54) is 19.2 Å². The number of halogens is 1. The van der Waals surface area contributed by atoms with E-state index >= 15 is 0 Å². The molecule has 2 unspecified atom stereocenters. The van der Waals surface area contributed by atoms with Gasteiger partial charge < -0.3 is 4.74 Å². The second kappa shape index (κ2) is 9.29. The van der Waals surface area contributed by atoms with Crippen LogP contribution in [0.1, 0.15) is 30.0 Å². The quantitative estimate of drug-likeness (QED) is 0.565. The van der Waals surface area contributed by atoms with Crippen LogP contribution in [-0.2, 0) is 16.0 Å². The lowest BCUT2D eigenvalue weighted by Crippen LogP contribution is -2.50. The molecule has 2 amide bonds. The minimum Gasteiger partial charge on any atom is -0.494 e. The molecule has 2 aromatic carbocycles. The molecule has 1 aliphatic heterocycles. The number of nitrogens with one attached hydrogen (secondary N) is 4. The fourth-order valence-corrected chi connectivity index (χ4v) is 3.04. The van der Waals surface area contributed by atoms with Crippen molar-refractivity contribution >= 4 is 11.8 Å². The molecule has 0 aromatic heterocycles. The second-order valence-corrected chi connectivity index (χ2v) is 6.55. The van der Waals surface area contributed by atoms with E-state index in [4.69, 9.17) is 4.74 Å². The summed E-state index contributed by atoms with van der Waals surface area (Å²) in [5.74, 6) is -0.988. The van der Waals surface area contributed by atoms with E-state index in [-0.39, 0.29) is 30.0 Å². The van der Waals surface area contributed by atoms with Crippen molar-refractivity contribution in [2.75, 3.05) is 7.11 Å². The third-order valence-electron chi connectivity index (χ3n) is 4.60. The van der Waals surface area contributed by atoms with Gasteiger partial charge in [-0.1, -0.05) is 36.4 Å². The SMILES string of the molecule is COc1ccc(CCC(=O)NNC(=O)C2CC(c3ccccc3)NN2)cc1F. The molecule has 0 aliphatic carbocycles. The Morgan fingerprint density at radius 2 is 1.93 bits per heavy atom. The van der Waals surface area contributed by atoms with Crippen molar-refractivity contribution < 1.29 is 18.7 Å². The zero-order chi connectivity index (χ0) is 19.9. The standard InChI is InChI=1S/C20H23FN4O3/c1-28-18-9-7-13(11-15(18)21)8-10-19(26)24-25-20(27)17-12-16(22-23-17)14-5-3-2-4-6-14/h2-7,9,11,16-17,22-23H,8,10,12H2,1H3,(H,24,26)(H,25,27). The first-order valence-electron chi connectivity index (χ1n) is 9.04. The third-order valence-corrected chi connectivity index (χ3v) is 4.60. The Hall–Kier alpha value is -2.97. The molecule has 4 N–H and O–H groups in total. The lowest BCUT2D eigenvalue weighted by atomic mass is 10.0. The van der Waals surface area contributed by atoms with E-state index in [1.807, 2.05) is 30.3 Å². The number of ether oxygens (including phenoxy) is 1. The van der Waals surface area contributed by atoms with Crippen molar-refractivity contribution in [3.05, 3.63) is 65.5 Å². The average molecular weight is 386 g/mol. The number of hydrogen-bond donors (Lipinski definition) is 4. The van der Waals surface area contributed by atoms with Crippen LogP contribution in [0.2, 0.25) is 0 Å². The first kappa shape index (κ1) is 19.8. The van der Waals surface area contributed by atoms with E-state index in [1.54, 1.807) is 6.07 Å². The highest BCUT2D eigenvalue weighted by Crippen LogP contribution is 2.21. The van der Waals surface area contributed by atoms with E-state index in [9.17, 15) is 14.0 Å². The van der Waals surface area contributed by atoms with Crippen LogP contribution in [0, 0.1) is 5.82 Å². The summed E-state index contributed by atoms with van der Waals surface area (Å²) in [6, 6.07) is 13.9. The van der Waals surface area contributed by atoms with Gasteiger partial charge in [0.15, 0.2) is 11.6 Å². The highest BCUT2D eigenvalue weighted by atomic mass is 19.1. The molecule has 28 heavy (non-hydrogen) atoms. The number of carbonyl (C=O) groups excluding carboxylic acids is 2. The van der Waals surface area contributed by atoms with E-state index in [0.29, 0.717) is 18.4 Å². The van der Waals surface area contributed by atoms with Gasteiger partial charge in [-0.25, -0.2) is 15.2 Å². The van der Waals surface area contributed by atoms with Crippen molar-refractivity contribution in [3.8, 4) is 5.75 Å². The zero-order valence-corrected chi connectivity index (χ0v) is 15.5.